The van der Waals surface area contributed by atoms with Gasteiger partial charge in [-0.05, 0) is 42.5 Å². The first-order valence-electron chi connectivity index (χ1n) is 9.90. The van der Waals surface area contributed by atoms with Gasteiger partial charge in [0.25, 0.3) is 5.91 Å². The van der Waals surface area contributed by atoms with Crippen LogP contribution < -0.4 is 5.32 Å². The molecule has 0 atom stereocenters. The third-order valence-electron chi connectivity index (χ3n) is 5.22. The highest BCUT2D eigenvalue weighted by Crippen LogP contribution is 2.22. The summed E-state index contributed by atoms with van der Waals surface area (Å²) in [4.78, 5) is 26.9. The highest BCUT2D eigenvalue weighted by atomic mass is 16.5. The van der Waals surface area contributed by atoms with Crippen LogP contribution in [-0.4, -0.2) is 50.1 Å². The largest absolute Gasteiger partial charge is 0.385 e. The third kappa shape index (κ3) is 5.20. The van der Waals surface area contributed by atoms with Crippen LogP contribution in [-0.2, 0) is 9.53 Å². The Labute approximate surface area is 166 Å². The SMILES string of the molecule is COCCCNC(=O)C1CCN(C(=O)c2ccc(-c3ccccc3)cc2)CC1. The van der Waals surface area contributed by atoms with E-state index in [0.29, 0.717) is 44.6 Å². The summed E-state index contributed by atoms with van der Waals surface area (Å²) < 4.78 is 4.99. The fourth-order valence-electron chi connectivity index (χ4n) is 3.54. The second kappa shape index (κ2) is 10.0. The van der Waals surface area contributed by atoms with Crippen LogP contribution in [0.15, 0.2) is 54.6 Å². The van der Waals surface area contributed by atoms with Crippen LogP contribution in [0.2, 0.25) is 0 Å². The van der Waals surface area contributed by atoms with E-state index >= 15 is 0 Å². The molecule has 1 fully saturated rings. The lowest BCUT2D eigenvalue weighted by atomic mass is 9.95. The van der Waals surface area contributed by atoms with Crippen molar-refractivity contribution in [2.75, 3.05) is 33.4 Å². The van der Waals surface area contributed by atoms with Gasteiger partial charge >= 0.3 is 0 Å². The van der Waals surface area contributed by atoms with E-state index in [4.69, 9.17) is 4.74 Å². The van der Waals surface area contributed by atoms with Crippen molar-refractivity contribution in [2.24, 2.45) is 5.92 Å². The van der Waals surface area contributed by atoms with Crippen LogP contribution in [0.5, 0.6) is 0 Å². The summed E-state index contributed by atoms with van der Waals surface area (Å²) in [5.74, 6) is 0.126. The highest BCUT2D eigenvalue weighted by molar-refractivity contribution is 5.95. The van der Waals surface area contributed by atoms with Crippen molar-refractivity contribution in [3.05, 3.63) is 60.2 Å². The van der Waals surface area contributed by atoms with Gasteiger partial charge in [-0.1, -0.05) is 42.5 Å². The number of hydrogen-bond donors (Lipinski definition) is 1. The standard InChI is InChI=1S/C23H28N2O3/c1-28-17-5-14-24-22(26)20-12-15-25(16-13-20)23(27)21-10-8-19(9-11-21)18-6-3-2-4-7-18/h2-4,6-11,20H,5,12-17H2,1H3,(H,24,26). The summed E-state index contributed by atoms with van der Waals surface area (Å²) in [7, 11) is 1.66. The second-order valence-electron chi connectivity index (χ2n) is 7.15. The summed E-state index contributed by atoms with van der Waals surface area (Å²) in [6.07, 6.45) is 2.24. The summed E-state index contributed by atoms with van der Waals surface area (Å²) in [6, 6.07) is 17.9. The summed E-state index contributed by atoms with van der Waals surface area (Å²) in [6.45, 7) is 2.53. The number of methoxy groups -OCH3 is 1. The Bertz CT molecular complexity index is 766. The number of carbonyl (C=O) groups excluding carboxylic acids is 2. The average molecular weight is 380 g/mol. The molecule has 0 aromatic heterocycles. The summed E-state index contributed by atoms with van der Waals surface area (Å²) in [5.41, 5.74) is 2.93. The highest BCUT2D eigenvalue weighted by Gasteiger charge is 2.27. The summed E-state index contributed by atoms with van der Waals surface area (Å²) >= 11 is 0. The molecule has 1 N–H and O–H groups in total. The smallest absolute Gasteiger partial charge is 0.253 e. The van der Waals surface area contributed by atoms with E-state index in [-0.39, 0.29) is 17.7 Å². The Kier molecular flexibility index (Phi) is 7.20. The zero-order chi connectivity index (χ0) is 19.8. The van der Waals surface area contributed by atoms with E-state index in [2.05, 4.69) is 17.4 Å². The van der Waals surface area contributed by atoms with Gasteiger partial charge in [-0.25, -0.2) is 0 Å². The molecule has 1 saturated heterocycles. The molecule has 2 aromatic carbocycles. The lowest BCUT2D eigenvalue weighted by molar-refractivity contribution is -0.126. The van der Waals surface area contributed by atoms with Crippen molar-refractivity contribution in [3.8, 4) is 11.1 Å². The van der Waals surface area contributed by atoms with Crippen LogP contribution in [0, 0.1) is 5.92 Å². The molecule has 1 aliphatic heterocycles. The number of amides is 2. The van der Waals surface area contributed by atoms with Crippen LogP contribution in [0.4, 0.5) is 0 Å². The van der Waals surface area contributed by atoms with Gasteiger partial charge in [-0.15, -0.1) is 0 Å². The quantitative estimate of drug-likeness (QED) is 0.750. The number of piperidine rings is 1. The molecule has 5 heteroatoms. The van der Waals surface area contributed by atoms with Gasteiger partial charge in [-0.2, -0.15) is 0 Å². The van der Waals surface area contributed by atoms with E-state index < -0.39 is 0 Å². The molecule has 0 unspecified atom stereocenters. The third-order valence-corrected chi connectivity index (χ3v) is 5.22. The van der Waals surface area contributed by atoms with E-state index in [1.807, 2.05) is 47.4 Å². The minimum atomic E-state index is -0.00736. The molecule has 5 nitrogen and oxygen atoms in total. The van der Waals surface area contributed by atoms with E-state index in [1.165, 1.54) is 0 Å². The lowest BCUT2D eigenvalue weighted by Crippen LogP contribution is -2.43. The maximum absolute atomic E-state index is 12.8. The first-order chi connectivity index (χ1) is 13.7. The Balaban J connectivity index is 1.50. The number of carbonyl (C=O) groups is 2. The maximum Gasteiger partial charge on any atom is 0.253 e. The van der Waals surface area contributed by atoms with Crippen LogP contribution in [0.1, 0.15) is 29.6 Å². The zero-order valence-corrected chi connectivity index (χ0v) is 16.4. The number of nitrogens with one attached hydrogen (secondary N) is 1. The Morgan fingerprint density at radius 2 is 1.64 bits per heavy atom. The molecule has 2 amide bonds. The monoisotopic (exact) mass is 380 g/mol. The van der Waals surface area contributed by atoms with Gasteiger partial charge in [0, 0.05) is 44.8 Å². The predicted molar refractivity (Wildman–Crippen MR) is 110 cm³/mol. The minimum Gasteiger partial charge on any atom is -0.385 e. The number of likely N-dealkylation sites (tertiary alicyclic amines) is 1. The normalized spacial score (nSPS) is 14.7. The Hall–Kier alpha value is -2.66. The first kappa shape index (κ1) is 20.1. The van der Waals surface area contributed by atoms with Crippen LogP contribution >= 0.6 is 0 Å². The average Bonchev–Trinajstić information content (AvgIpc) is 2.77. The van der Waals surface area contributed by atoms with Gasteiger partial charge in [0.15, 0.2) is 0 Å². The number of rotatable bonds is 7. The second-order valence-corrected chi connectivity index (χ2v) is 7.15. The van der Waals surface area contributed by atoms with E-state index in [9.17, 15) is 9.59 Å². The molecular weight excluding hydrogens is 352 g/mol. The molecule has 1 heterocycles. The number of benzene rings is 2. The molecule has 0 radical (unpaired) electrons. The van der Waals surface area contributed by atoms with Crippen LogP contribution in [0.25, 0.3) is 11.1 Å². The van der Waals surface area contributed by atoms with Gasteiger partial charge in [0.05, 0.1) is 0 Å². The number of ether oxygens (including phenoxy) is 1. The van der Waals surface area contributed by atoms with Crippen molar-refractivity contribution in [1.29, 1.82) is 0 Å². The molecule has 0 aliphatic carbocycles. The fourth-order valence-corrected chi connectivity index (χ4v) is 3.54. The van der Waals surface area contributed by atoms with Crippen molar-refractivity contribution in [1.82, 2.24) is 10.2 Å². The van der Waals surface area contributed by atoms with Crippen molar-refractivity contribution in [3.63, 3.8) is 0 Å². The van der Waals surface area contributed by atoms with Crippen molar-refractivity contribution < 1.29 is 14.3 Å². The molecule has 3 rings (SSSR count). The van der Waals surface area contributed by atoms with Gasteiger partial charge < -0.3 is 15.0 Å². The van der Waals surface area contributed by atoms with Crippen molar-refractivity contribution >= 4 is 11.8 Å². The zero-order valence-electron chi connectivity index (χ0n) is 16.4. The molecule has 0 saturated carbocycles. The summed E-state index contributed by atoms with van der Waals surface area (Å²) in [5, 5.41) is 2.96. The minimum absolute atomic E-state index is 0.00736. The van der Waals surface area contributed by atoms with Gasteiger partial charge in [-0.3, -0.25) is 9.59 Å². The molecule has 148 valence electrons. The maximum atomic E-state index is 12.8. The van der Waals surface area contributed by atoms with Crippen molar-refractivity contribution in [2.45, 2.75) is 19.3 Å². The predicted octanol–water partition coefficient (Wildman–Crippen LogP) is 3.36. The first-order valence-corrected chi connectivity index (χ1v) is 9.90. The molecule has 1 aliphatic rings. The fraction of sp³-hybridized carbons (Fsp3) is 0.391. The molecule has 2 aromatic rings. The van der Waals surface area contributed by atoms with E-state index in [1.54, 1.807) is 7.11 Å². The molecular formula is C23H28N2O3. The number of nitrogens with zero attached hydrogens (tertiary/aromatic N) is 1. The van der Waals surface area contributed by atoms with Crippen LogP contribution in [0.3, 0.4) is 0 Å². The Morgan fingerprint density at radius 1 is 1.00 bits per heavy atom. The molecule has 0 bridgehead atoms. The topological polar surface area (TPSA) is 58.6 Å². The van der Waals surface area contributed by atoms with E-state index in [0.717, 1.165) is 17.5 Å². The Morgan fingerprint density at radius 3 is 2.29 bits per heavy atom. The number of hydrogen-bond acceptors (Lipinski definition) is 3. The molecule has 0 spiro atoms. The molecule has 28 heavy (non-hydrogen) atoms. The van der Waals surface area contributed by atoms with Gasteiger partial charge in [0.1, 0.15) is 0 Å². The lowest BCUT2D eigenvalue weighted by Gasteiger charge is -2.31. The van der Waals surface area contributed by atoms with Gasteiger partial charge in [0.2, 0.25) is 5.91 Å².